The summed E-state index contributed by atoms with van der Waals surface area (Å²) in [6, 6.07) is 7.92. The van der Waals surface area contributed by atoms with Gasteiger partial charge < -0.3 is 13.9 Å². The molecule has 5 nitrogen and oxygen atoms in total. The van der Waals surface area contributed by atoms with Gasteiger partial charge in [0.1, 0.15) is 11.6 Å². The van der Waals surface area contributed by atoms with Gasteiger partial charge in [-0.1, -0.05) is 17.7 Å². The Morgan fingerprint density at radius 3 is 2.79 bits per heavy atom. The largest absolute Gasteiger partial charge is 0.491 e. The van der Waals surface area contributed by atoms with Crippen molar-refractivity contribution >= 4 is 33.3 Å². The van der Waals surface area contributed by atoms with Crippen LogP contribution in [0.25, 0.3) is 0 Å². The highest BCUT2D eigenvalue weighted by Gasteiger charge is 2.31. The van der Waals surface area contributed by atoms with Gasteiger partial charge in [-0.05, 0) is 57.7 Å². The predicted molar refractivity (Wildman–Crippen MR) is 111 cm³/mol. The van der Waals surface area contributed by atoms with Crippen molar-refractivity contribution in [2.75, 3.05) is 6.61 Å². The Balaban J connectivity index is 1.63. The Morgan fingerprint density at radius 2 is 2.10 bits per heavy atom. The molecule has 0 amide bonds. The second-order valence-corrected chi connectivity index (χ2v) is 8.39. The second kappa shape index (κ2) is 7.80. The number of Topliss-reactive ketones (excluding diaryl/α,β-unsaturated/α-hetero) is 1. The number of ether oxygens (including phenoxy) is 1. The molecule has 0 fully saturated rings. The summed E-state index contributed by atoms with van der Waals surface area (Å²) >= 11 is 9.63. The van der Waals surface area contributed by atoms with Gasteiger partial charge in [0.2, 0.25) is 5.62 Å². The Hall–Kier alpha value is -2.38. The lowest BCUT2D eigenvalue weighted by Gasteiger charge is -2.26. The number of rotatable bonds is 4. The number of nitrogens with zero attached hydrogens (tertiary/aromatic N) is 2. The van der Waals surface area contributed by atoms with Crippen molar-refractivity contribution in [3.8, 4) is 5.75 Å². The number of halogens is 3. The average molecular weight is 479 g/mol. The van der Waals surface area contributed by atoms with Crippen LogP contribution in [0.15, 0.2) is 47.2 Å². The molecule has 4 rings (SSSR count). The predicted octanol–water partition coefficient (Wildman–Crippen LogP) is 4.34. The molecule has 0 aliphatic carbocycles. The van der Waals surface area contributed by atoms with E-state index in [4.69, 9.17) is 21.7 Å². The van der Waals surface area contributed by atoms with Crippen molar-refractivity contribution in [1.82, 2.24) is 9.13 Å². The molecule has 3 aromatic rings. The minimum Gasteiger partial charge on any atom is -0.491 e. The summed E-state index contributed by atoms with van der Waals surface area (Å²) in [4.78, 5) is 13.2. The van der Waals surface area contributed by atoms with Crippen LogP contribution in [0.1, 0.15) is 21.5 Å². The van der Waals surface area contributed by atoms with Crippen molar-refractivity contribution in [2.45, 2.75) is 13.0 Å². The topological polar surface area (TPSA) is 60.0 Å². The monoisotopic (exact) mass is 477 g/mol. The molecule has 1 aliphatic heterocycles. The van der Waals surface area contributed by atoms with E-state index in [0.29, 0.717) is 45.0 Å². The maximum absolute atomic E-state index is 13.3. The molecule has 0 spiro atoms. The first kappa shape index (κ1) is 19.9. The third-order valence-electron chi connectivity index (χ3n) is 5.08. The van der Waals surface area contributed by atoms with Crippen LogP contribution >= 0.6 is 27.5 Å². The van der Waals surface area contributed by atoms with E-state index in [1.807, 2.05) is 31.6 Å². The number of hydrogen-bond donors (Lipinski definition) is 1. The SMILES string of the molecule is Cn1ccn(Cc2cc(Br)c3c(c2)C(=O)[C@H](Cc2ccc(F)cc2Cl)CO3)c1=N. The molecule has 8 heteroatoms. The third kappa shape index (κ3) is 3.89. The fourth-order valence-corrected chi connectivity index (χ4v) is 4.37. The van der Waals surface area contributed by atoms with Crippen molar-refractivity contribution < 1.29 is 13.9 Å². The van der Waals surface area contributed by atoms with Crippen LogP contribution in [0.5, 0.6) is 5.75 Å². The van der Waals surface area contributed by atoms with E-state index in [1.165, 1.54) is 12.1 Å². The molecule has 0 radical (unpaired) electrons. The van der Waals surface area contributed by atoms with Crippen LogP contribution in [0.2, 0.25) is 5.02 Å². The molecular formula is C21H18BrClFN3O2. The number of carbonyl (C=O) groups is 1. The number of nitrogens with one attached hydrogen (secondary N) is 1. The lowest BCUT2D eigenvalue weighted by atomic mass is 9.89. The zero-order valence-electron chi connectivity index (χ0n) is 15.6. The fourth-order valence-electron chi connectivity index (χ4n) is 3.50. The highest BCUT2D eigenvalue weighted by Crippen LogP contribution is 2.37. The summed E-state index contributed by atoms with van der Waals surface area (Å²) < 4.78 is 23.4. The summed E-state index contributed by atoms with van der Waals surface area (Å²) in [5.74, 6) is -0.303. The summed E-state index contributed by atoms with van der Waals surface area (Å²) in [7, 11) is 1.81. The van der Waals surface area contributed by atoms with Crippen LogP contribution in [-0.2, 0) is 20.0 Å². The molecule has 2 heterocycles. The van der Waals surface area contributed by atoms with E-state index in [-0.39, 0.29) is 12.4 Å². The van der Waals surface area contributed by atoms with E-state index in [0.717, 1.165) is 5.56 Å². The van der Waals surface area contributed by atoms with Gasteiger partial charge in [-0.3, -0.25) is 10.2 Å². The summed E-state index contributed by atoms with van der Waals surface area (Å²) in [5, 5.41) is 8.39. The molecule has 0 unspecified atom stereocenters. The number of carbonyl (C=O) groups excluding carboxylic acids is 1. The van der Waals surface area contributed by atoms with E-state index < -0.39 is 11.7 Å². The van der Waals surface area contributed by atoms with E-state index in [2.05, 4.69) is 15.9 Å². The molecule has 29 heavy (non-hydrogen) atoms. The molecular weight excluding hydrogens is 461 g/mol. The third-order valence-corrected chi connectivity index (χ3v) is 6.02. The van der Waals surface area contributed by atoms with Crippen LogP contribution < -0.4 is 10.4 Å². The fraction of sp³-hybridized carbons (Fsp3) is 0.238. The zero-order chi connectivity index (χ0) is 20.7. The molecule has 0 saturated carbocycles. The molecule has 0 saturated heterocycles. The molecule has 2 aromatic carbocycles. The number of aromatic nitrogens is 2. The smallest absolute Gasteiger partial charge is 0.202 e. The van der Waals surface area contributed by atoms with Gasteiger partial charge in [0.25, 0.3) is 0 Å². The van der Waals surface area contributed by atoms with Crippen LogP contribution in [-0.4, -0.2) is 21.5 Å². The van der Waals surface area contributed by atoms with Crippen LogP contribution in [0, 0.1) is 17.1 Å². The first-order valence-electron chi connectivity index (χ1n) is 9.03. The molecule has 1 aliphatic rings. The summed E-state index contributed by atoms with van der Waals surface area (Å²) in [6.07, 6.45) is 4.02. The van der Waals surface area contributed by atoms with Gasteiger partial charge in [-0.15, -0.1) is 0 Å². The zero-order valence-corrected chi connectivity index (χ0v) is 17.9. The first-order chi connectivity index (χ1) is 13.8. The molecule has 1 atom stereocenters. The minimum absolute atomic E-state index is 0.0293. The maximum Gasteiger partial charge on any atom is 0.202 e. The van der Waals surface area contributed by atoms with Crippen molar-refractivity contribution in [1.29, 1.82) is 5.41 Å². The maximum atomic E-state index is 13.3. The number of imidazole rings is 1. The van der Waals surface area contributed by atoms with Gasteiger partial charge in [-0.2, -0.15) is 0 Å². The van der Waals surface area contributed by atoms with E-state index >= 15 is 0 Å². The Bertz CT molecular complexity index is 1170. The van der Waals surface area contributed by atoms with Crippen molar-refractivity contribution in [3.63, 3.8) is 0 Å². The first-order valence-corrected chi connectivity index (χ1v) is 10.2. The number of fused-ring (bicyclic) bond motifs is 1. The Morgan fingerprint density at radius 1 is 1.31 bits per heavy atom. The molecule has 1 aromatic heterocycles. The molecule has 150 valence electrons. The minimum atomic E-state index is -0.406. The Labute approximate surface area is 180 Å². The van der Waals surface area contributed by atoms with Gasteiger partial charge in [0.15, 0.2) is 5.78 Å². The molecule has 0 bridgehead atoms. The highest BCUT2D eigenvalue weighted by atomic mass is 79.9. The van der Waals surface area contributed by atoms with Crippen molar-refractivity contribution in [2.24, 2.45) is 13.0 Å². The number of hydrogen-bond acceptors (Lipinski definition) is 3. The lowest BCUT2D eigenvalue weighted by molar-refractivity contribution is 0.0829. The average Bonchev–Trinajstić information content (AvgIpc) is 2.98. The van der Waals surface area contributed by atoms with Gasteiger partial charge in [-0.25, -0.2) is 4.39 Å². The second-order valence-electron chi connectivity index (χ2n) is 7.13. The van der Waals surface area contributed by atoms with E-state index in [9.17, 15) is 9.18 Å². The normalized spacial score (nSPS) is 15.9. The number of benzene rings is 2. The highest BCUT2D eigenvalue weighted by molar-refractivity contribution is 9.10. The van der Waals surface area contributed by atoms with Gasteiger partial charge >= 0.3 is 0 Å². The molecule has 1 N–H and O–H groups in total. The van der Waals surface area contributed by atoms with Crippen LogP contribution in [0.3, 0.4) is 0 Å². The van der Waals surface area contributed by atoms with E-state index in [1.54, 1.807) is 15.2 Å². The van der Waals surface area contributed by atoms with Crippen LogP contribution in [0.4, 0.5) is 4.39 Å². The number of aryl methyl sites for hydroxylation is 1. The number of ketones is 1. The van der Waals surface area contributed by atoms with Gasteiger partial charge in [0, 0.05) is 24.5 Å². The van der Waals surface area contributed by atoms with Crippen molar-refractivity contribution in [3.05, 3.63) is 80.3 Å². The summed E-state index contributed by atoms with van der Waals surface area (Å²) in [6.45, 7) is 0.703. The quantitative estimate of drug-likeness (QED) is 0.606. The Kier molecular flexibility index (Phi) is 5.36. The van der Waals surface area contributed by atoms with Gasteiger partial charge in [0.05, 0.1) is 29.1 Å². The lowest BCUT2D eigenvalue weighted by Crippen LogP contribution is -2.30. The standard InChI is InChI=1S/C21H18BrClFN3O2/c1-26-4-5-27(21(26)25)10-12-6-16-19(28)14(11-29-20(16)17(22)7-12)8-13-2-3-15(24)9-18(13)23/h2-7,9,14,25H,8,10-11H2,1H3/t14-/m1/s1. The summed E-state index contributed by atoms with van der Waals surface area (Å²) in [5.41, 5.74) is 2.47.